The standard InChI is InChI=1S/C12H23F2NO2/c1-3-5-6-7-8-10(15)9-12(13,14)11(16)17-4-2/h10H,3-9,15H2,1-2H3/t10-/m0/s1. The molecule has 0 aromatic carbocycles. The molecule has 102 valence electrons. The lowest BCUT2D eigenvalue weighted by Crippen LogP contribution is -2.37. The fourth-order valence-electron chi connectivity index (χ4n) is 1.58. The first kappa shape index (κ1) is 16.3. The van der Waals surface area contributed by atoms with Crippen molar-refractivity contribution in [2.24, 2.45) is 5.73 Å². The molecule has 17 heavy (non-hydrogen) atoms. The van der Waals surface area contributed by atoms with E-state index >= 15 is 0 Å². The first-order valence-corrected chi connectivity index (χ1v) is 6.24. The molecule has 0 spiro atoms. The quantitative estimate of drug-likeness (QED) is 0.506. The van der Waals surface area contributed by atoms with E-state index in [1.807, 2.05) is 0 Å². The predicted molar refractivity (Wildman–Crippen MR) is 62.9 cm³/mol. The Morgan fingerprint density at radius 2 is 1.94 bits per heavy atom. The maximum Gasteiger partial charge on any atom is 0.377 e. The number of halogens is 2. The Balaban J connectivity index is 3.91. The van der Waals surface area contributed by atoms with E-state index in [0.29, 0.717) is 6.42 Å². The van der Waals surface area contributed by atoms with Crippen LogP contribution in [0.4, 0.5) is 8.78 Å². The molecule has 2 N–H and O–H groups in total. The molecule has 0 bridgehead atoms. The second kappa shape index (κ2) is 8.39. The first-order valence-electron chi connectivity index (χ1n) is 6.24. The van der Waals surface area contributed by atoms with Crippen molar-refractivity contribution in [3.63, 3.8) is 0 Å². The molecule has 0 aromatic heterocycles. The number of nitrogens with two attached hydrogens (primary N) is 1. The summed E-state index contributed by atoms with van der Waals surface area (Å²) in [6.45, 7) is 3.54. The molecule has 0 fully saturated rings. The molecule has 0 saturated heterocycles. The van der Waals surface area contributed by atoms with E-state index in [9.17, 15) is 13.6 Å². The van der Waals surface area contributed by atoms with E-state index in [4.69, 9.17) is 5.73 Å². The highest BCUT2D eigenvalue weighted by molar-refractivity contribution is 5.77. The molecular weight excluding hydrogens is 228 g/mol. The molecule has 0 radical (unpaired) electrons. The molecule has 0 aliphatic heterocycles. The lowest BCUT2D eigenvalue weighted by molar-refractivity contribution is -0.173. The largest absolute Gasteiger partial charge is 0.462 e. The van der Waals surface area contributed by atoms with Gasteiger partial charge in [0.15, 0.2) is 0 Å². The van der Waals surface area contributed by atoms with Gasteiger partial charge in [0.1, 0.15) is 0 Å². The number of carbonyl (C=O) groups is 1. The summed E-state index contributed by atoms with van der Waals surface area (Å²) < 4.78 is 30.9. The Hall–Kier alpha value is -0.710. The van der Waals surface area contributed by atoms with E-state index in [-0.39, 0.29) is 6.61 Å². The van der Waals surface area contributed by atoms with E-state index in [1.165, 1.54) is 6.92 Å². The molecule has 0 aromatic rings. The fourth-order valence-corrected chi connectivity index (χ4v) is 1.58. The molecule has 0 heterocycles. The van der Waals surface area contributed by atoms with Crippen molar-refractivity contribution in [3.8, 4) is 0 Å². The third kappa shape index (κ3) is 7.26. The SMILES string of the molecule is CCCCCC[C@H](N)CC(F)(F)C(=O)OCC. The van der Waals surface area contributed by atoms with Gasteiger partial charge >= 0.3 is 11.9 Å². The number of rotatable bonds is 9. The summed E-state index contributed by atoms with van der Waals surface area (Å²) >= 11 is 0. The summed E-state index contributed by atoms with van der Waals surface area (Å²) in [7, 11) is 0. The molecule has 1 atom stereocenters. The van der Waals surface area contributed by atoms with Crippen LogP contribution in [0, 0.1) is 0 Å². The number of esters is 1. The van der Waals surface area contributed by atoms with Crippen LogP contribution < -0.4 is 5.73 Å². The predicted octanol–water partition coefficient (Wildman–Crippen LogP) is 2.87. The van der Waals surface area contributed by atoms with Gasteiger partial charge < -0.3 is 10.5 Å². The molecule has 0 amide bonds. The van der Waals surface area contributed by atoms with Crippen LogP contribution in [0.25, 0.3) is 0 Å². The lowest BCUT2D eigenvalue weighted by atomic mass is 10.0. The van der Waals surface area contributed by atoms with Crippen molar-refractivity contribution in [2.75, 3.05) is 6.61 Å². The van der Waals surface area contributed by atoms with Gasteiger partial charge in [-0.1, -0.05) is 32.6 Å². The van der Waals surface area contributed by atoms with Crippen LogP contribution >= 0.6 is 0 Å². The van der Waals surface area contributed by atoms with Gasteiger partial charge in [-0.15, -0.1) is 0 Å². The number of alkyl halides is 2. The molecule has 5 heteroatoms. The molecule has 3 nitrogen and oxygen atoms in total. The number of hydrogen-bond donors (Lipinski definition) is 1. The molecule has 0 unspecified atom stereocenters. The monoisotopic (exact) mass is 251 g/mol. The summed E-state index contributed by atoms with van der Waals surface area (Å²) in [6, 6.07) is -0.647. The van der Waals surface area contributed by atoms with Crippen molar-refractivity contribution in [3.05, 3.63) is 0 Å². The number of carbonyl (C=O) groups excluding carboxylic acids is 1. The van der Waals surface area contributed by atoms with Crippen molar-refractivity contribution >= 4 is 5.97 Å². The Morgan fingerprint density at radius 1 is 1.29 bits per heavy atom. The number of hydrogen-bond acceptors (Lipinski definition) is 3. The molecule has 0 saturated carbocycles. The van der Waals surface area contributed by atoms with Gasteiger partial charge in [0.2, 0.25) is 0 Å². The molecule has 0 rings (SSSR count). The highest BCUT2D eigenvalue weighted by atomic mass is 19.3. The summed E-state index contributed by atoms with van der Waals surface area (Å²) in [5.41, 5.74) is 5.59. The van der Waals surface area contributed by atoms with Crippen LogP contribution in [0.2, 0.25) is 0 Å². The topological polar surface area (TPSA) is 52.3 Å². The minimum absolute atomic E-state index is 0.0415. The summed E-state index contributed by atoms with van der Waals surface area (Å²) in [4.78, 5) is 10.9. The van der Waals surface area contributed by atoms with Crippen LogP contribution in [0.5, 0.6) is 0 Å². The average Bonchev–Trinajstić information content (AvgIpc) is 2.24. The van der Waals surface area contributed by atoms with Gasteiger partial charge in [-0.25, -0.2) is 4.79 Å². The zero-order valence-corrected chi connectivity index (χ0v) is 10.7. The molecular formula is C12H23F2NO2. The second-order valence-electron chi connectivity index (χ2n) is 4.24. The van der Waals surface area contributed by atoms with Crippen LogP contribution in [-0.4, -0.2) is 24.5 Å². The van der Waals surface area contributed by atoms with Crippen LogP contribution in [-0.2, 0) is 9.53 Å². The smallest absolute Gasteiger partial charge is 0.377 e. The maximum absolute atomic E-state index is 13.3. The highest BCUT2D eigenvalue weighted by Gasteiger charge is 2.41. The van der Waals surface area contributed by atoms with Gasteiger partial charge in [-0.2, -0.15) is 8.78 Å². The summed E-state index contributed by atoms with van der Waals surface area (Å²) in [5.74, 6) is -4.93. The Morgan fingerprint density at radius 3 is 2.47 bits per heavy atom. The van der Waals surface area contributed by atoms with Crippen LogP contribution in [0.15, 0.2) is 0 Å². The van der Waals surface area contributed by atoms with Gasteiger partial charge in [0, 0.05) is 12.5 Å². The summed E-state index contributed by atoms with van der Waals surface area (Å²) in [5, 5.41) is 0. The van der Waals surface area contributed by atoms with Gasteiger partial charge in [-0.05, 0) is 13.3 Å². The third-order valence-electron chi connectivity index (χ3n) is 2.52. The second-order valence-corrected chi connectivity index (χ2v) is 4.24. The van der Waals surface area contributed by atoms with Crippen molar-refractivity contribution < 1.29 is 18.3 Å². The number of unbranched alkanes of at least 4 members (excludes halogenated alkanes) is 3. The normalized spacial score (nSPS) is 13.5. The lowest BCUT2D eigenvalue weighted by Gasteiger charge is -2.18. The average molecular weight is 251 g/mol. The van der Waals surface area contributed by atoms with Gasteiger partial charge in [-0.3, -0.25) is 0 Å². The van der Waals surface area contributed by atoms with E-state index in [2.05, 4.69) is 11.7 Å². The van der Waals surface area contributed by atoms with Crippen LogP contribution in [0.3, 0.4) is 0 Å². The van der Waals surface area contributed by atoms with Crippen molar-refractivity contribution in [1.29, 1.82) is 0 Å². The first-order chi connectivity index (χ1) is 7.94. The zero-order chi connectivity index (χ0) is 13.3. The highest BCUT2D eigenvalue weighted by Crippen LogP contribution is 2.23. The Labute approximate surface area is 102 Å². The minimum atomic E-state index is -3.46. The minimum Gasteiger partial charge on any atom is -0.462 e. The van der Waals surface area contributed by atoms with Crippen molar-refractivity contribution in [1.82, 2.24) is 0 Å². The van der Waals surface area contributed by atoms with Crippen LogP contribution in [0.1, 0.15) is 52.4 Å². The van der Waals surface area contributed by atoms with E-state index < -0.39 is 24.4 Å². The van der Waals surface area contributed by atoms with Crippen molar-refractivity contribution in [2.45, 2.75) is 64.3 Å². The molecule has 0 aliphatic carbocycles. The summed E-state index contributed by atoms with van der Waals surface area (Å²) in [6.07, 6.45) is 3.89. The Kier molecular flexibility index (Phi) is 8.04. The van der Waals surface area contributed by atoms with E-state index in [0.717, 1.165) is 25.7 Å². The molecule has 0 aliphatic rings. The zero-order valence-electron chi connectivity index (χ0n) is 10.7. The fraction of sp³-hybridized carbons (Fsp3) is 0.917. The van der Waals surface area contributed by atoms with E-state index in [1.54, 1.807) is 0 Å². The number of ether oxygens (including phenoxy) is 1. The maximum atomic E-state index is 13.3. The van der Waals surface area contributed by atoms with Gasteiger partial charge in [0.25, 0.3) is 0 Å². The van der Waals surface area contributed by atoms with Gasteiger partial charge in [0.05, 0.1) is 6.61 Å². The third-order valence-corrected chi connectivity index (χ3v) is 2.52. The Bertz CT molecular complexity index is 223.